The van der Waals surface area contributed by atoms with Crippen LogP contribution in [-0.2, 0) is 4.79 Å². The number of carbonyl (C=O) groups excluding carboxylic acids is 1. The first-order chi connectivity index (χ1) is 16.1. The first-order valence-electron chi connectivity index (χ1n) is 10.7. The second kappa shape index (κ2) is 8.81. The van der Waals surface area contributed by atoms with E-state index in [1.54, 1.807) is 28.6 Å². The summed E-state index contributed by atoms with van der Waals surface area (Å²) in [5.41, 5.74) is 1.75. The minimum atomic E-state index is -0.569. The van der Waals surface area contributed by atoms with Crippen LogP contribution in [0.5, 0.6) is 5.75 Å². The highest BCUT2D eigenvalue weighted by molar-refractivity contribution is 5.84. The molecule has 1 aliphatic heterocycles. The number of nitrogens with zero attached hydrogens (tertiary/aromatic N) is 7. The van der Waals surface area contributed by atoms with Crippen molar-refractivity contribution in [1.82, 2.24) is 29.9 Å². The van der Waals surface area contributed by atoms with Crippen LogP contribution in [0.4, 0.5) is 10.2 Å². The Balaban J connectivity index is 1.28. The molecule has 2 aromatic carbocycles. The smallest absolute Gasteiger partial charge is 0.263 e. The molecule has 0 aliphatic carbocycles. The summed E-state index contributed by atoms with van der Waals surface area (Å²) in [4.78, 5) is 25.5. The van der Waals surface area contributed by atoms with Crippen molar-refractivity contribution in [3.05, 3.63) is 66.7 Å². The molecule has 0 bridgehead atoms. The predicted octanol–water partition coefficient (Wildman–Crippen LogP) is 2.47. The third kappa shape index (κ3) is 4.19. The molecule has 2 aromatic heterocycles. The molecular weight excluding hydrogens is 425 g/mol. The number of aromatic nitrogens is 5. The lowest BCUT2D eigenvalue weighted by Crippen LogP contribution is -2.52. The van der Waals surface area contributed by atoms with Gasteiger partial charge in [-0.1, -0.05) is 23.4 Å². The lowest BCUT2D eigenvalue weighted by molar-refractivity contribution is -0.138. The van der Waals surface area contributed by atoms with Gasteiger partial charge in [-0.3, -0.25) is 4.79 Å². The van der Waals surface area contributed by atoms with Gasteiger partial charge in [0.2, 0.25) is 0 Å². The van der Waals surface area contributed by atoms with Gasteiger partial charge >= 0.3 is 0 Å². The number of para-hydroxylation sites is 1. The lowest BCUT2D eigenvalue weighted by Gasteiger charge is -2.36. The second-order valence-electron chi connectivity index (χ2n) is 7.73. The minimum Gasteiger partial charge on any atom is -0.481 e. The fraction of sp³-hybridized carbons (Fsp3) is 0.261. The fourth-order valence-electron chi connectivity index (χ4n) is 3.87. The Labute approximate surface area is 189 Å². The predicted molar refractivity (Wildman–Crippen MR) is 120 cm³/mol. The molecule has 1 atom stereocenters. The number of ether oxygens (including phenoxy) is 1. The number of fused-ring (bicyclic) bond motifs is 1. The summed E-state index contributed by atoms with van der Waals surface area (Å²) in [6, 6.07) is 15.3. The molecule has 5 rings (SSSR count). The van der Waals surface area contributed by atoms with E-state index in [9.17, 15) is 9.18 Å². The molecule has 33 heavy (non-hydrogen) atoms. The van der Waals surface area contributed by atoms with Gasteiger partial charge in [-0.2, -0.15) is 4.68 Å². The number of hydrogen-bond acceptors (Lipinski definition) is 7. The van der Waals surface area contributed by atoms with Crippen molar-refractivity contribution in [3.63, 3.8) is 0 Å². The number of rotatable bonds is 5. The van der Waals surface area contributed by atoms with Crippen LogP contribution in [0.25, 0.3) is 16.9 Å². The first-order valence-corrected chi connectivity index (χ1v) is 10.7. The molecule has 0 spiro atoms. The van der Waals surface area contributed by atoms with Gasteiger partial charge in [-0.15, -0.1) is 5.10 Å². The largest absolute Gasteiger partial charge is 0.481 e. The highest BCUT2D eigenvalue weighted by Crippen LogP contribution is 2.24. The zero-order valence-corrected chi connectivity index (χ0v) is 18.0. The van der Waals surface area contributed by atoms with E-state index >= 15 is 0 Å². The summed E-state index contributed by atoms with van der Waals surface area (Å²) in [7, 11) is 0. The van der Waals surface area contributed by atoms with E-state index in [2.05, 4.69) is 25.2 Å². The standard InChI is InChI=1S/C23H22FN7O2/c1-16(33-19-5-3-2-4-6-19)23(32)30-13-11-29(12-14-30)21-20-22(26-15-25-21)31(28-27-20)18-9-7-17(24)8-10-18/h2-10,15-16H,11-14H2,1H3/t16-/m0/s1. The summed E-state index contributed by atoms with van der Waals surface area (Å²) < 4.78 is 20.6. The molecule has 10 heteroatoms. The molecule has 0 saturated carbocycles. The van der Waals surface area contributed by atoms with Crippen molar-refractivity contribution in [1.29, 1.82) is 0 Å². The second-order valence-corrected chi connectivity index (χ2v) is 7.73. The number of piperazine rings is 1. The van der Waals surface area contributed by atoms with E-state index in [1.165, 1.54) is 18.5 Å². The summed E-state index contributed by atoms with van der Waals surface area (Å²) in [5.74, 6) is 0.960. The Morgan fingerprint density at radius 1 is 1.00 bits per heavy atom. The van der Waals surface area contributed by atoms with Crippen molar-refractivity contribution >= 4 is 22.9 Å². The molecule has 3 heterocycles. The summed E-state index contributed by atoms with van der Waals surface area (Å²) in [5, 5.41) is 8.46. The van der Waals surface area contributed by atoms with Gasteiger partial charge in [0.1, 0.15) is 17.9 Å². The Hall–Kier alpha value is -4.08. The molecule has 1 amide bonds. The van der Waals surface area contributed by atoms with Crippen molar-refractivity contribution in [2.45, 2.75) is 13.0 Å². The Kier molecular flexibility index (Phi) is 5.55. The van der Waals surface area contributed by atoms with Crippen LogP contribution in [0.15, 0.2) is 60.9 Å². The van der Waals surface area contributed by atoms with Crippen LogP contribution in [0.1, 0.15) is 6.92 Å². The van der Waals surface area contributed by atoms with E-state index in [4.69, 9.17) is 4.74 Å². The number of amides is 1. The third-order valence-corrected chi connectivity index (χ3v) is 5.58. The number of hydrogen-bond donors (Lipinski definition) is 0. The maximum Gasteiger partial charge on any atom is 0.263 e. The monoisotopic (exact) mass is 447 g/mol. The zero-order valence-electron chi connectivity index (χ0n) is 18.0. The maximum absolute atomic E-state index is 13.3. The van der Waals surface area contributed by atoms with E-state index in [0.717, 1.165) is 0 Å². The molecule has 0 N–H and O–H groups in total. The number of anilines is 1. The molecule has 168 valence electrons. The van der Waals surface area contributed by atoms with Gasteiger partial charge in [0.25, 0.3) is 5.91 Å². The lowest BCUT2D eigenvalue weighted by atomic mass is 10.2. The molecule has 0 unspecified atom stereocenters. The van der Waals surface area contributed by atoms with Crippen LogP contribution in [0.2, 0.25) is 0 Å². The van der Waals surface area contributed by atoms with Crippen LogP contribution < -0.4 is 9.64 Å². The Morgan fingerprint density at radius 3 is 2.45 bits per heavy atom. The molecule has 1 fully saturated rings. The normalized spacial score (nSPS) is 15.0. The SMILES string of the molecule is C[C@H](Oc1ccccc1)C(=O)N1CCN(c2ncnc3c2nnn3-c2ccc(F)cc2)CC1. The maximum atomic E-state index is 13.3. The minimum absolute atomic E-state index is 0.0476. The van der Waals surface area contributed by atoms with E-state index in [0.29, 0.717) is 54.6 Å². The summed E-state index contributed by atoms with van der Waals surface area (Å²) in [6.07, 6.45) is 0.897. The van der Waals surface area contributed by atoms with Crippen molar-refractivity contribution in [2.75, 3.05) is 31.1 Å². The van der Waals surface area contributed by atoms with Gasteiger partial charge in [0.15, 0.2) is 23.1 Å². The van der Waals surface area contributed by atoms with Crippen LogP contribution in [0, 0.1) is 5.82 Å². The number of carbonyl (C=O) groups is 1. The van der Waals surface area contributed by atoms with Crippen molar-refractivity contribution < 1.29 is 13.9 Å². The molecule has 4 aromatic rings. The highest BCUT2D eigenvalue weighted by Gasteiger charge is 2.28. The molecule has 1 saturated heterocycles. The average molecular weight is 447 g/mol. The van der Waals surface area contributed by atoms with Gasteiger partial charge in [0, 0.05) is 26.2 Å². The topological polar surface area (TPSA) is 89.3 Å². The van der Waals surface area contributed by atoms with Crippen LogP contribution in [-0.4, -0.2) is 68.1 Å². The molecular formula is C23H22FN7O2. The van der Waals surface area contributed by atoms with Crippen LogP contribution >= 0.6 is 0 Å². The van der Waals surface area contributed by atoms with Gasteiger partial charge < -0.3 is 14.5 Å². The Bertz CT molecular complexity index is 1260. The number of benzene rings is 2. The van der Waals surface area contributed by atoms with Crippen molar-refractivity contribution in [3.8, 4) is 11.4 Å². The first kappa shape index (κ1) is 20.8. The van der Waals surface area contributed by atoms with E-state index in [1.807, 2.05) is 30.3 Å². The third-order valence-electron chi connectivity index (χ3n) is 5.58. The van der Waals surface area contributed by atoms with Crippen LogP contribution in [0.3, 0.4) is 0 Å². The quantitative estimate of drug-likeness (QED) is 0.464. The molecule has 0 radical (unpaired) electrons. The Morgan fingerprint density at radius 2 is 1.73 bits per heavy atom. The highest BCUT2D eigenvalue weighted by atomic mass is 19.1. The fourth-order valence-corrected chi connectivity index (χ4v) is 3.87. The van der Waals surface area contributed by atoms with E-state index < -0.39 is 6.10 Å². The summed E-state index contributed by atoms with van der Waals surface area (Å²) >= 11 is 0. The molecule has 9 nitrogen and oxygen atoms in total. The van der Waals surface area contributed by atoms with E-state index in [-0.39, 0.29) is 11.7 Å². The average Bonchev–Trinajstić information content (AvgIpc) is 3.29. The molecule has 1 aliphatic rings. The van der Waals surface area contributed by atoms with Gasteiger partial charge in [-0.05, 0) is 43.3 Å². The van der Waals surface area contributed by atoms with Crippen molar-refractivity contribution in [2.24, 2.45) is 0 Å². The van der Waals surface area contributed by atoms with Gasteiger partial charge in [0.05, 0.1) is 5.69 Å². The summed E-state index contributed by atoms with van der Waals surface area (Å²) in [6.45, 7) is 4.04. The number of halogens is 1. The van der Waals surface area contributed by atoms with Gasteiger partial charge in [-0.25, -0.2) is 14.4 Å². The zero-order chi connectivity index (χ0) is 22.8.